The fraction of sp³-hybridized carbons (Fsp3) is 0.304. The first-order chi connectivity index (χ1) is 15.9. The fourth-order valence-corrected chi connectivity index (χ4v) is 4.94. The number of nitrogens with zero attached hydrogens (tertiary/aromatic N) is 4. The molecule has 0 bridgehead atoms. The number of piperidine rings is 1. The van der Waals surface area contributed by atoms with E-state index in [0.717, 1.165) is 31.5 Å². The van der Waals surface area contributed by atoms with Crippen LogP contribution in [0.4, 0.5) is 5.95 Å². The summed E-state index contributed by atoms with van der Waals surface area (Å²) in [6, 6.07) is 13.3. The van der Waals surface area contributed by atoms with Crippen LogP contribution in [0.15, 0.2) is 47.6 Å². The number of thioether (sulfide) groups is 1. The lowest BCUT2D eigenvalue weighted by Crippen LogP contribution is -2.43. The van der Waals surface area contributed by atoms with Gasteiger partial charge in [0, 0.05) is 17.4 Å². The van der Waals surface area contributed by atoms with Gasteiger partial charge in [-0.25, -0.2) is 4.98 Å². The molecule has 1 aliphatic heterocycles. The number of nitrogen functional groups attached to an aromatic ring is 1. The van der Waals surface area contributed by atoms with Crippen molar-refractivity contribution in [1.82, 2.24) is 25.2 Å². The van der Waals surface area contributed by atoms with Crippen molar-refractivity contribution in [2.45, 2.75) is 29.8 Å². The molecule has 1 amide bonds. The highest BCUT2D eigenvalue weighted by atomic mass is 35.5. The standard InChI is InChI=1S/C23H24Cl2N6OS/c1-31-9-7-15(8-10-31)27-21(32)17-11-16(18(24)12-19(17)25)20-28-22(26)30-23(29-20)33-13-14-5-3-2-4-6-14/h2-6,11-12,15H,7-10,13H2,1H3,(H,27,32)(H2,26,28,29,30). The van der Waals surface area contributed by atoms with E-state index in [0.29, 0.717) is 32.9 Å². The number of rotatable bonds is 6. The Hall–Kier alpha value is -2.39. The lowest BCUT2D eigenvalue weighted by molar-refractivity contribution is 0.0917. The van der Waals surface area contributed by atoms with Gasteiger partial charge in [-0.1, -0.05) is 65.3 Å². The van der Waals surface area contributed by atoms with Gasteiger partial charge in [0.15, 0.2) is 11.0 Å². The topological polar surface area (TPSA) is 97.0 Å². The van der Waals surface area contributed by atoms with E-state index in [2.05, 4.69) is 32.2 Å². The Morgan fingerprint density at radius 1 is 1.12 bits per heavy atom. The quantitative estimate of drug-likeness (QED) is 0.477. The predicted octanol–water partition coefficient (Wildman–Crippen LogP) is 4.54. The Labute approximate surface area is 207 Å². The highest BCUT2D eigenvalue weighted by molar-refractivity contribution is 7.98. The van der Waals surface area contributed by atoms with Crippen LogP contribution >= 0.6 is 35.0 Å². The van der Waals surface area contributed by atoms with Gasteiger partial charge < -0.3 is 16.0 Å². The van der Waals surface area contributed by atoms with E-state index in [-0.39, 0.29) is 22.9 Å². The molecule has 3 aromatic rings. The van der Waals surface area contributed by atoms with Crippen LogP contribution in [-0.2, 0) is 5.75 Å². The summed E-state index contributed by atoms with van der Waals surface area (Å²) in [5, 5.41) is 4.16. The molecule has 1 fully saturated rings. The van der Waals surface area contributed by atoms with Crippen LogP contribution in [0, 0.1) is 0 Å². The third-order valence-corrected chi connectivity index (χ3v) is 6.98. The van der Waals surface area contributed by atoms with Crippen molar-refractivity contribution < 1.29 is 4.79 Å². The van der Waals surface area contributed by atoms with Crippen LogP contribution in [0.1, 0.15) is 28.8 Å². The molecule has 1 saturated heterocycles. The molecule has 3 N–H and O–H groups in total. The minimum absolute atomic E-state index is 0.0823. The number of likely N-dealkylation sites (tertiary alicyclic amines) is 1. The summed E-state index contributed by atoms with van der Waals surface area (Å²) in [5.41, 5.74) is 7.89. The molecular weight excluding hydrogens is 479 g/mol. The second-order valence-corrected chi connectivity index (χ2v) is 9.69. The van der Waals surface area contributed by atoms with Crippen LogP contribution in [0.25, 0.3) is 11.4 Å². The van der Waals surface area contributed by atoms with E-state index >= 15 is 0 Å². The average molecular weight is 503 g/mol. The second kappa shape index (κ2) is 10.7. The van der Waals surface area contributed by atoms with Crippen molar-refractivity contribution in [2.75, 3.05) is 25.9 Å². The fourth-order valence-electron chi connectivity index (χ4n) is 3.59. The number of benzene rings is 2. The predicted molar refractivity (Wildman–Crippen MR) is 134 cm³/mol. The van der Waals surface area contributed by atoms with E-state index in [1.165, 1.54) is 11.8 Å². The van der Waals surface area contributed by atoms with Crippen LogP contribution in [0.5, 0.6) is 0 Å². The first kappa shape index (κ1) is 23.8. The average Bonchev–Trinajstić information content (AvgIpc) is 2.79. The number of nitrogens with one attached hydrogen (secondary N) is 1. The molecule has 0 unspecified atom stereocenters. The highest BCUT2D eigenvalue weighted by Gasteiger charge is 2.22. The molecule has 0 saturated carbocycles. The second-order valence-electron chi connectivity index (χ2n) is 7.94. The minimum Gasteiger partial charge on any atom is -0.368 e. The maximum atomic E-state index is 13.0. The lowest BCUT2D eigenvalue weighted by Gasteiger charge is -2.29. The third-order valence-electron chi connectivity index (χ3n) is 5.44. The molecule has 7 nitrogen and oxygen atoms in total. The SMILES string of the molecule is CN1CCC(NC(=O)c2cc(-c3nc(N)nc(SCc4ccccc4)n3)c(Cl)cc2Cl)CC1. The maximum Gasteiger partial charge on any atom is 0.253 e. The van der Waals surface area contributed by atoms with Gasteiger partial charge in [0.1, 0.15) is 0 Å². The van der Waals surface area contributed by atoms with Gasteiger partial charge in [-0.15, -0.1) is 0 Å². The van der Waals surface area contributed by atoms with Gasteiger partial charge >= 0.3 is 0 Å². The van der Waals surface area contributed by atoms with Crippen molar-refractivity contribution in [3.8, 4) is 11.4 Å². The zero-order valence-corrected chi connectivity index (χ0v) is 20.4. The number of nitrogens with two attached hydrogens (primary N) is 1. The largest absolute Gasteiger partial charge is 0.368 e. The molecular formula is C23H24Cl2N6OS. The number of carbonyl (C=O) groups is 1. The Morgan fingerprint density at radius 2 is 1.85 bits per heavy atom. The number of anilines is 1. The van der Waals surface area contributed by atoms with Crippen LogP contribution in [0.2, 0.25) is 10.0 Å². The molecule has 172 valence electrons. The zero-order valence-electron chi connectivity index (χ0n) is 18.1. The number of halogens is 2. The Bertz CT molecular complexity index is 1140. The van der Waals surface area contributed by atoms with E-state index in [4.69, 9.17) is 28.9 Å². The van der Waals surface area contributed by atoms with Crippen LogP contribution in [-0.4, -0.2) is 51.9 Å². The first-order valence-corrected chi connectivity index (χ1v) is 12.3. The number of carbonyl (C=O) groups excluding carboxylic acids is 1. The Balaban J connectivity index is 1.57. The summed E-state index contributed by atoms with van der Waals surface area (Å²) in [4.78, 5) is 28.2. The lowest BCUT2D eigenvalue weighted by atomic mass is 10.0. The molecule has 4 rings (SSSR count). The minimum atomic E-state index is -0.242. The Kier molecular flexibility index (Phi) is 7.70. The summed E-state index contributed by atoms with van der Waals surface area (Å²) in [7, 11) is 2.08. The summed E-state index contributed by atoms with van der Waals surface area (Å²) >= 11 is 14.3. The number of hydrogen-bond acceptors (Lipinski definition) is 7. The monoisotopic (exact) mass is 502 g/mol. The van der Waals surface area contributed by atoms with Gasteiger partial charge in [-0.3, -0.25) is 4.79 Å². The van der Waals surface area contributed by atoms with Crippen molar-refractivity contribution in [1.29, 1.82) is 0 Å². The third kappa shape index (κ3) is 6.14. The van der Waals surface area contributed by atoms with Crippen molar-refractivity contribution >= 4 is 46.8 Å². The van der Waals surface area contributed by atoms with Crippen molar-refractivity contribution in [3.63, 3.8) is 0 Å². The van der Waals surface area contributed by atoms with E-state index < -0.39 is 0 Å². The van der Waals surface area contributed by atoms with E-state index in [9.17, 15) is 4.79 Å². The molecule has 0 spiro atoms. The molecule has 33 heavy (non-hydrogen) atoms. The van der Waals surface area contributed by atoms with Gasteiger partial charge in [0.25, 0.3) is 5.91 Å². The van der Waals surface area contributed by atoms with Crippen LogP contribution < -0.4 is 11.1 Å². The zero-order chi connectivity index (χ0) is 23.4. The van der Waals surface area contributed by atoms with E-state index in [1.54, 1.807) is 12.1 Å². The smallest absolute Gasteiger partial charge is 0.253 e. The van der Waals surface area contributed by atoms with Gasteiger partial charge in [0.05, 0.1) is 15.6 Å². The molecule has 0 aliphatic carbocycles. The molecule has 1 aliphatic rings. The highest BCUT2D eigenvalue weighted by Crippen LogP contribution is 2.33. The van der Waals surface area contributed by atoms with Gasteiger partial charge in [-0.05, 0) is 50.7 Å². The summed E-state index contributed by atoms with van der Waals surface area (Å²) in [6.45, 7) is 1.89. The summed E-state index contributed by atoms with van der Waals surface area (Å²) < 4.78 is 0. The summed E-state index contributed by atoms with van der Waals surface area (Å²) in [6.07, 6.45) is 1.79. The first-order valence-electron chi connectivity index (χ1n) is 10.6. The summed E-state index contributed by atoms with van der Waals surface area (Å²) in [5.74, 6) is 0.822. The van der Waals surface area contributed by atoms with E-state index in [1.807, 2.05) is 30.3 Å². The molecule has 0 atom stereocenters. The molecule has 10 heteroatoms. The number of hydrogen-bond donors (Lipinski definition) is 2. The molecule has 1 aromatic heterocycles. The molecule has 2 heterocycles. The number of amides is 1. The normalized spacial score (nSPS) is 14.9. The van der Waals surface area contributed by atoms with Crippen LogP contribution in [0.3, 0.4) is 0 Å². The molecule has 2 aromatic carbocycles. The van der Waals surface area contributed by atoms with Gasteiger partial charge in [-0.2, -0.15) is 9.97 Å². The maximum absolute atomic E-state index is 13.0. The molecule has 0 radical (unpaired) electrons. The number of aromatic nitrogens is 3. The van der Waals surface area contributed by atoms with Gasteiger partial charge in [0.2, 0.25) is 5.95 Å². The van der Waals surface area contributed by atoms with Crippen molar-refractivity contribution in [3.05, 3.63) is 63.6 Å². The van der Waals surface area contributed by atoms with Crippen molar-refractivity contribution in [2.24, 2.45) is 0 Å². The Morgan fingerprint density at radius 3 is 2.58 bits per heavy atom.